The van der Waals surface area contributed by atoms with Crippen molar-refractivity contribution >= 4 is 23.5 Å². The zero-order chi connectivity index (χ0) is 24.0. The molecule has 1 saturated heterocycles. The van der Waals surface area contributed by atoms with Gasteiger partial charge in [-0.15, -0.1) is 0 Å². The highest BCUT2D eigenvalue weighted by molar-refractivity contribution is 6.07. The second-order valence-corrected chi connectivity index (χ2v) is 9.58. The van der Waals surface area contributed by atoms with Gasteiger partial charge in [0.25, 0.3) is 0 Å². The van der Waals surface area contributed by atoms with Crippen molar-refractivity contribution in [2.45, 2.75) is 57.1 Å². The van der Waals surface area contributed by atoms with Gasteiger partial charge in [0.2, 0.25) is 5.91 Å². The van der Waals surface area contributed by atoms with Crippen molar-refractivity contribution in [1.29, 1.82) is 0 Å². The number of rotatable bonds is 8. The molecule has 2 aromatic rings. The van der Waals surface area contributed by atoms with Crippen LogP contribution < -0.4 is 14.4 Å². The predicted molar refractivity (Wildman–Crippen MR) is 139 cm³/mol. The van der Waals surface area contributed by atoms with Crippen LogP contribution in [0, 0.1) is 0 Å². The van der Waals surface area contributed by atoms with Crippen LogP contribution in [0.1, 0.15) is 44.1 Å². The van der Waals surface area contributed by atoms with E-state index >= 15 is 0 Å². The van der Waals surface area contributed by atoms with Gasteiger partial charge in [-0.3, -0.25) is 4.79 Å². The van der Waals surface area contributed by atoms with Crippen LogP contribution >= 0.6 is 0 Å². The minimum absolute atomic E-state index is 0.0721. The van der Waals surface area contributed by atoms with E-state index in [0.29, 0.717) is 19.4 Å². The third-order valence-electron chi connectivity index (χ3n) is 7.19. The van der Waals surface area contributed by atoms with Crippen molar-refractivity contribution in [2.75, 3.05) is 31.6 Å². The molecule has 2 heterocycles. The summed E-state index contributed by atoms with van der Waals surface area (Å²) in [6.45, 7) is 2.21. The molecule has 0 aromatic heterocycles. The molecule has 1 aliphatic carbocycles. The number of piperazine rings is 1. The first-order valence-electron chi connectivity index (χ1n) is 12.7. The summed E-state index contributed by atoms with van der Waals surface area (Å²) in [6, 6.07) is 16.7. The van der Waals surface area contributed by atoms with Crippen LogP contribution in [-0.2, 0) is 11.2 Å². The van der Waals surface area contributed by atoms with Gasteiger partial charge >= 0.3 is 0 Å². The zero-order valence-electron chi connectivity index (χ0n) is 20.4. The van der Waals surface area contributed by atoms with Crippen LogP contribution in [0.2, 0.25) is 0 Å². The van der Waals surface area contributed by atoms with Crippen molar-refractivity contribution in [2.24, 2.45) is 10.2 Å². The number of anilines is 1. The number of ether oxygens (including phenoxy) is 2. The van der Waals surface area contributed by atoms with Crippen molar-refractivity contribution < 1.29 is 14.3 Å². The summed E-state index contributed by atoms with van der Waals surface area (Å²) in [4.78, 5) is 17.7. The van der Waals surface area contributed by atoms with Gasteiger partial charge in [-0.1, -0.05) is 30.3 Å². The van der Waals surface area contributed by atoms with Gasteiger partial charge < -0.3 is 19.3 Å². The molecule has 1 amide bonds. The van der Waals surface area contributed by atoms with E-state index in [-0.39, 0.29) is 18.1 Å². The first kappa shape index (κ1) is 23.4. The van der Waals surface area contributed by atoms with E-state index in [4.69, 9.17) is 9.47 Å². The van der Waals surface area contributed by atoms with E-state index in [1.165, 1.54) is 18.4 Å². The van der Waals surface area contributed by atoms with Gasteiger partial charge in [0.15, 0.2) is 11.5 Å². The Bertz CT molecular complexity index is 1080. The van der Waals surface area contributed by atoms with Gasteiger partial charge in [-0.2, -0.15) is 10.2 Å². The molecule has 0 unspecified atom stereocenters. The standard InChI is InChI=1S/C28H34N4O3/c1-34-26-12-11-23(19-27(26)35-25-9-5-6-10-25)31-15-16-32(28(33)18-22-13-14-29-30-22)24(20-31)17-21-7-3-2-4-8-21/h2-4,7-8,11-12,14,19,24-25H,5-6,9-10,13,15-18,20H2,1H3/t24-/m0/s1. The molecule has 0 spiro atoms. The summed E-state index contributed by atoms with van der Waals surface area (Å²) in [5.41, 5.74) is 3.19. The number of carbonyl (C=O) groups is 1. The third-order valence-corrected chi connectivity index (χ3v) is 7.19. The molecule has 2 aliphatic heterocycles. The highest BCUT2D eigenvalue weighted by Crippen LogP contribution is 2.36. The SMILES string of the molecule is COc1ccc(N2CCN(C(=O)CC3=NN=CC3)[C@@H](Cc3ccccc3)C2)cc1OC1CCCC1. The molecule has 2 fully saturated rings. The molecule has 0 radical (unpaired) electrons. The van der Waals surface area contributed by atoms with E-state index in [1.54, 1.807) is 13.3 Å². The van der Waals surface area contributed by atoms with Crippen LogP contribution in [0.15, 0.2) is 58.7 Å². The fraction of sp³-hybridized carbons (Fsp3) is 0.464. The van der Waals surface area contributed by atoms with E-state index in [2.05, 4.69) is 51.5 Å². The van der Waals surface area contributed by atoms with Gasteiger partial charge in [0.1, 0.15) is 0 Å². The van der Waals surface area contributed by atoms with E-state index in [0.717, 1.165) is 55.3 Å². The van der Waals surface area contributed by atoms with Gasteiger partial charge in [0, 0.05) is 44.0 Å². The topological polar surface area (TPSA) is 66.7 Å². The Morgan fingerprint density at radius 3 is 2.63 bits per heavy atom. The lowest BCUT2D eigenvalue weighted by Crippen LogP contribution is -2.56. The molecular weight excluding hydrogens is 440 g/mol. The molecule has 3 aliphatic rings. The maximum Gasteiger partial charge on any atom is 0.228 e. The average molecular weight is 475 g/mol. The molecule has 7 nitrogen and oxygen atoms in total. The number of carbonyl (C=O) groups excluding carboxylic acids is 1. The normalized spacial score (nSPS) is 20.3. The first-order valence-corrected chi connectivity index (χ1v) is 12.7. The second kappa shape index (κ2) is 10.9. The van der Waals surface area contributed by atoms with E-state index < -0.39 is 0 Å². The molecule has 7 heteroatoms. The smallest absolute Gasteiger partial charge is 0.228 e. The van der Waals surface area contributed by atoms with Crippen LogP contribution in [-0.4, -0.2) is 61.6 Å². The van der Waals surface area contributed by atoms with Gasteiger partial charge in [0.05, 0.1) is 31.4 Å². The Morgan fingerprint density at radius 2 is 1.89 bits per heavy atom. The first-order chi connectivity index (χ1) is 17.2. The number of hydrogen-bond acceptors (Lipinski definition) is 6. The highest BCUT2D eigenvalue weighted by Gasteiger charge is 2.32. The maximum absolute atomic E-state index is 13.3. The largest absolute Gasteiger partial charge is 0.493 e. The molecular formula is C28H34N4O3. The van der Waals surface area contributed by atoms with Crippen molar-refractivity contribution in [1.82, 2.24) is 4.90 Å². The number of amides is 1. The summed E-state index contributed by atoms with van der Waals surface area (Å²) in [5.74, 6) is 1.72. The minimum Gasteiger partial charge on any atom is -0.493 e. The molecule has 5 rings (SSSR count). The Hall–Kier alpha value is -3.35. The Labute approximate surface area is 207 Å². The second-order valence-electron chi connectivity index (χ2n) is 9.58. The van der Waals surface area contributed by atoms with Crippen molar-refractivity contribution in [3.8, 4) is 11.5 Å². The molecule has 1 atom stereocenters. The highest BCUT2D eigenvalue weighted by atomic mass is 16.5. The molecule has 2 aromatic carbocycles. The summed E-state index contributed by atoms with van der Waals surface area (Å²) < 4.78 is 11.9. The fourth-order valence-electron chi connectivity index (χ4n) is 5.31. The van der Waals surface area contributed by atoms with Gasteiger partial charge in [-0.25, -0.2) is 0 Å². The zero-order valence-corrected chi connectivity index (χ0v) is 20.4. The van der Waals surface area contributed by atoms with Crippen LogP contribution in [0.3, 0.4) is 0 Å². The number of benzene rings is 2. The molecule has 184 valence electrons. The lowest BCUT2D eigenvalue weighted by molar-refractivity contribution is -0.132. The molecule has 35 heavy (non-hydrogen) atoms. The number of methoxy groups -OCH3 is 1. The van der Waals surface area contributed by atoms with Crippen molar-refractivity contribution in [3.63, 3.8) is 0 Å². The molecule has 0 bridgehead atoms. The summed E-state index contributed by atoms with van der Waals surface area (Å²) in [7, 11) is 1.69. The minimum atomic E-state index is 0.0721. The van der Waals surface area contributed by atoms with E-state index in [9.17, 15) is 4.79 Å². The lowest BCUT2D eigenvalue weighted by Gasteiger charge is -2.43. The Balaban J connectivity index is 1.34. The Morgan fingerprint density at radius 1 is 1.06 bits per heavy atom. The molecule has 0 N–H and O–H groups in total. The quantitative estimate of drug-likeness (QED) is 0.565. The van der Waals surface area contributed by atoms with E-state index in [1.807, 2.05) is 17.0 Å². The fourth-order valence-corrected chi connectivity index (χ4v) is 5.31. The predicted octanol–water partition coefficient (Wildman–Crippen LogP) is 4.50. The van der Waals surface area contributed by atoms with Crippen LogP contribution in [0.25, 0.3) is 0 Å². The third kappa shape index (κ3) is 5.66. The van der Waals surface area contributed by atoms with Crippen molar-refractivity contribution in [3.05, 3.63) is 54.1 Å². The van der Waals surface area contributed by atoms with Gasteiger partial charge in [-0.05, 0) is 49.8 Å². The number of hydrogen-bond donors (Lipinski definition) is 0. The maximum atomic E-state index is 13.3. The lowest BCUT2D eigenvalue weighted by atomic mass is 10.0. The van der Waals surface area contributed by atoms with Crippen LogP contribution in [0.4, 0.5) is 5.69 Å². The molecule has 1 saturated carbocycles. The summed E-state index contributed by atoms with van der Waals surface area (Å²) >= 11 is 0. The average Bonchev–Trinajstić information content (AvgIpc) is 3.59. The monoisotopic (exact) mass is 474 g/mol. The Kier molecular flexibility index (Phi) is 7.31. The summed E-state index contributed by atoms with van der Waals surface area (Å²) in [5, 5.41) is 8.03. The van der Waals surface area contributed by atoms with Crippen LogP contribution in [0.5, 0.6) is 11.5 Å². The number of nitrogens with zero attached hydrogens (tertiary/aromatic N) is 4. The summed E-state index contributed by atoms with van der Waals surface area (Å²) in [6.07, 6.45) is 8.50.